The number of nitrogens with one attached hydrogen (secondary N) is 1. The number of unbranched alkanes of at least 4 members (excludes halogenated alkanes) is 48. The van der Waals surface area contributed by atoms with Gasteiger partial charge in [-0.05, 0) is 142 Å². The van der Waals surface area contributed by atoms with Crippen LogP contribution in [-0.2, 0) is 18.9 Å². The highest BCUT2D eigenvalue weighted by atomic mass is 79.9. The summed E-state index contributed by atoms with van der Waals surface area (Å²) in [6, 6.07) is 0. The second kappa shape index (κ2) is 73.6. The average Bonchev–Trinajstić information content (AvgIpc) is 3.71. The zero-order valence-electron chi connectivity index (χ0n) is 60.0. The first-order valence-corrected chi connectivity index (χ1v) is 39.1. The van der Waals surface area contributed by atoms with Crippen LogP contribution < -0.4 is 5.32 Å². The lowest BCUT2D eigenvalue weighted by Gasteiger charge is -2.37. The van der Waals surface area contributed by atoms with Crippen LogP contribution >= 0.6 is 17.0 Å². The van der Waals surface area contributed by atoms with E-state index >= 15 is 0 Å². The van der Waals surface area contributed by atoms with E-state index in [1.807, 2.05) is 13.8 Å². The number of hydrogen-bond donors (Lipinski definition) is 3. The molecular formula is C80H156BrNO6. The molecule has 0 aromatic carbocycles. The topological polar surface area (TPSA) is 89.4 Å². The van der Waals surface area contributed by atoms with E-state index < -0.39 is 23.8 Å². The molecule has 0 heterocycles. The van der Waals surface area contributed by atoms with Gasteiger partial charge in [-0.3, -0.25) is 0 Å². The lowest BCUT2D eigenvalue weighted by atomic mass is 10.1. The van der Waals surface area contributed by atoms with Gasteiger partial charge in [0.05, 0.1) is 26.3 Å². The highest BCUT2D eigenvalue weighted by Gasteiger charge is 2.40. The molecule has 4 unspecified atom stereocenters. The molecule has 0 aliphatic heterocycles. The van der Waals surface area contributed by atoms with E-state index in [-0.39, 0.29) is 30.1 Å². The van der Waals surface area contributed by atoms with Crippen molar-refractivity contribution in [3.8, 4) is 0 Å². The molecule has 0 radical (unpaired) electrons. The third kappa shape index (κ3) is 63.9. The predicted octanol–water partition coefficient (Wildman–Crippen LogP) is 25.5. The Hall–Kier alpha value is -0.840. The smallest absolute Gasteiger partial charge is 0.204 e. The largest absolute Gasteiger partial charge is 0.373 e. The maximum atomic E-state index is 12.3. The zero-order valence-corrected chi connectivity index (χ0v) is 61.8. The van der Waals surface area contributed by atoms with E-state index in [1.165, 1.54) is 308 Å². The van der Waals surface area contributed by atoms with Gasteiger partial charge in [0, 0.05) is 13.2 Å². The number of aliphatic hydroxyl groups is 2. The third-order valence-electron chi connectivity index (χ3n) is 18.1. The van der Waals surface area contributed by atoms with E-state index in [9.17, 15) is 10.2 Å². The highest BCUT2D eigenvalue weighted by molar-refractivity contribution is 8.93. The molecule has 0 bridgehead atoms. The lowest BCUT2D eigenvalue weighted by molar-refractivity contribution is -0.273. The van der Waals surface area contributed by atoms with Crippen LogP contribution in [0.5, 0.6) is 0 Å². The molecule has 0 amide bonds. The van der Waals surface area contributed by atoms with Crippen LogP contribution in [0, 0.1) is 0 Å². The predicted molar refractivity (Wildman–Crippen MR) is 394 cm³/mol. The highest BCUT2D eigenvalue weighted by Crippen LogP contribution is 2.23. The SMILES string of the molecule is Br.CCCCCCCC/C=C\CCCCCCCCOC(C)C(O)(CNCC(O)(OCCCCCCCC/C=C\CCCCCCCC)C(C)OCCCCCCCC/C=C\CCCCCCCC)OCCCCCCCC/C=C\CCCCCCCC. The summed E-state index contributed by atoms with van der Waals surface area (Å²) >= 11 is 0. The van der Waals surface area contributed by atoms with E-state index in [0.29, 0.717) is 26.4 Å². The van der Waals surface area contributed by atoms with Crippen molar-refractivity contribution in [1.29, 1.82) is 0 Å². The number of halogens is 1. The van der Waals surface area contributed by atoms with Crippen molar-refractivity contribution >= 4 is 17.0 Å². The quantitative estimate of drug-likeness (QED) is 0.0318. The van der Waals surface area contributed by atoms with Crippen molar-refractivity contribution in [1.82, 2.24) is 5.32 Å². The van der Waals surface area contributed by atoms with E-state index in [0.717, 1.165) is 51.4 Å². The molecule has 0 rings (SSSR count). The normalized spacial score (nSPS) is 14.3. The second-order valence-corrected chi connectivity index (χ2v) is 26.8. The lowest BCUT2D eigenvalue weighted by Crippen LogP contribution is -2.58. The molecule has 0 saturated carbocycles. The number of allylic oxidation sites excluding steroid dienone is 8. The Morgan fingerprint density at radius 1 is 0.261 bits per heavy atom. The molecule has 524 valence electrons. The van der Waals surface area contributed by atoms with Crippen molar-refractivity contribution in [2.24, 2.45) is 0 Å². The van der Waals surface area contributed by atoms with Gasteiger partial charge in [-0.15, -0.1) is 17.0 Å². The summed E-state index contributed by atoms with van der Waals surface area (Å²) in [5, 5.41) is 28.0. The summed E-state index contributed by atoms with van der Waals surface area (Å²) in [6.07, 6.45) is 88.7. The van der Waals surface area contributed by atoms with Crippen LogP contribution in [0.2, 0.25) is 0 Å². The Morgan fingerprint density at radius 3 is 0.636 bits per heavy atom. The van der Waals surface area contributed by atoms with Gasteiger partial charge >= 0.3 is 0 Å². The van der Waals surface area contributed by atoms with Gasteiger partial charge < -0.3 is 34.5 Å². The Morgan fingerprint density at radius 2 is 0.432 bits per heavy atom. The van der Waals surface area contributed by atoms with Gasteiger partial charge in [0.25, 0.3) is 0 Å². The molecule has 88 heavy (non-hydrogen) atoms. The molecule has 3 N–H and O–H groups in total. The molecule has 4 atom stereocenters. The Labute approximate surface area is 561 Å². The van der Waals surface area contributed by atoms with E-state index in [1.54, 1.807) is 0 Å². The van der Waals surface area contributed by atoms with Gasteiger partial charge in [-0.25, -0.2) is 0 Å². The number of rotatable bonds is 74. The first-order valence-electron chi connectivity index (χ1n) is 39.1. The fraction of sp³-hybridized carbons (Fsp3) is 0.900. The molecule has 0 saturated heterocycles. The summed E-state index contributed by atoms with van der Waals surface area (Å²) in [5.74, 6) is -3.11. The fourth-order valence-electron chi connectivity index (χ4n) is 11.7. The molecule has 0 aromatic rings. The van der Waals surface area contributed by atoms with E-state index in [2.05, 4.69) is 81.6 Å². The Balaban J connectivity index is 0. The third-order valence-corrected chi connectivity index (χ3v) is 18.1. The van der Waals surface area contributed by atoms with Gasteiger partial charge in [0.2, 0.25) is 11.6 Å². The van der Waals surface area contributed by atoms with Crippen LogP contribution in [0.25, 0.3) is 0 Å². The Bertz CT molecular complexity index is 1340. The molecule has 0 aliphatic rings. The fourth-order valence-corrected chi connectivity index (χ4v) is 11.7. The van der Waals surface area contributed by atoms with Gasteiger partial charge in [0.15, 0.2) is 0 Å². The maximum absolute atomic E-state index is 12.3. The summed E-state index contributed by atoms with van der Waals surface area (Å²) in [4.78, 5) is 0. The summed E-state index contributed by atoms with van der Waals surface area (Å²) in [5.41, 5.74) is 0. The molecule has 0 spiro atoms. The van der Waals surface area contributed by atoms with Crippen LogP contribution in [-0.4, -0.2) is 73.5 Å². The molecule has 0 fully saturated rings. The van der Waals surface area contributed by atoms with Crippen LogP contribution in [0.1, 0.15) is 401 Å². The van der Waals surface area contributed by atoms with Crippen LogP contribution in [0.4, 0.5) is 0 Å². The molecular weight excluding hydrogens is 1150 g/mol. The van der Waals surface area contributed by atoms with Crippen molar-refractivity contribution in [2.75, 3.05) is 39.5 Å². The van der Waals surface area contributed by atoms with Gasteiger partial charge in [-0.1, -0.05) is 307 Å². The van der Waals surface area contributed by atoms with Crippen molar-refractivity contribution in [2.45, 2.75) is 425 Å². The first-order chi connectivity index (χ1) is 42.8. The summed E-state index contributed by atoms with van der Waals surface area (Å²) in [6.45, 7) is 15.4. The van der Waals surface area contributed by atoms with Gasteiger partial charge in [0.1, 0.15) is 12.2 Å². The maximum Gasteiger partial charge on any atom is 0.204 e. The van der Waals surface area contributed by atoms with Crippen LogP contribution in [0.15, 0.2) is 48.6 Å². The molecule has 7 nitrogen and oxygen atoms in total. The van der Waals surface area contributed by atoms with Crippen molar-refractivity contribution < 1.29 is 29.2 Å². The number of hydrogen-bond acceptors (Lipinski definition) is 7. The van der Waals surface area contributed by atoms with Crippen molar-refractivity contribution in [3.63, 3.8) is 0 Å². The molecule has 0 aliphatic carbocycles. The summed E-state index contributed by atoms with van der Waals surface area (Å²) < 4.78 is 25.6. The Kier molecular flexibility index (Phi) is 74.6. The first kappa shape index (κ1) is 89.2. The second-order valence-electron chi connectivity index (χ2n) is 26.8. The van der Waals surface area contributed by atoms with Crippen LogP contribution in [0.3, 0.4) is 0 Å². The molecule has 8 heteroatoms. The zero-order chi connectivity index (χ0) is 63.2. The van der Waals surface area contributed by atoms with E-state index in [4.69, 9.17) is 18.9 Å². The van der Waals surface area contributed by atoms with Gasteiger partial charge in [-0.2, -0.15) is 0 Å². The average molecular weight is 1310 g/mol. The minimum absolute atomic E-state index is 0. The summed E-state index contributed by atoms with van der Waals surface area (Å²) in [7, 11) is 0. The minimum Gasteiger partial charge on any atom is -0.373 e. The number of ether oxygens (including phenoxy) is 4. The minimum atomic E-state index is -1.55. The van der Waals surface area contributed by atoms with Crippen molar-refractivity contribution in [3.05, 3.63) is 48.6 Å². The monoisotopic (exact) mass is 1310 g/mol. The standard InChI is InChI=1S/C80H155NO6.BrH/c1-7-11-15-19-23-27-31-35-39-43-47-51-55-59-63-67-71-84-77(5)79(82,86-73-69-65-61-57-53-49-45-41-37-33-29-25-21-17-13-9-3)75-81-76-80(83,87-74-70-66-62-58-54-50-46-42-38-34-30-26-22-18-14-10-4)78(6)85-72-68-64-60-56-52-48-44-40-36-32-28-24-20-16-12-8-2;/h35-42,77-78,81-83H,7-34,43-76H2,1-6H3;1H/b39-35-,40-36-,41-37-,42-38-;. The molecule has 0 aromatic heterocycles.